The van der Waals surface area contributed by atoms with E-state index in [1.807, 2.05) is 46.1 Å². The van der Waals surface area contributed by atoms with Gasteiger partial charge in [-0.25, -0.2) is 9.07 Å². The van der Waals surface area contributed by atoms with Gasteiger partial charge in [0.05, 0.1) is 12.2 Å². The smallest absolute Gasteiger partial charge is 0.222 e. The number of likely N-dealkylation sites (tertiary alicyclic amines) is 1. The highest BCUT2D eigenvalue weighted by Gasteiger charge is 2.28. The lowest BCUT2D eigenvalue weighted by molar-refractivity contribution is -0.130. The fraction of sp³-hybridized carbons (Fsp3) is 0.286. The highest BCUT2D eigenvalue weighted by Crippen LogP contribution is 2.25. The second-order valence-corrected chi connectivity index (χ2v) is 7.34. The monoisotopic (exact) mass is 398 g/mol. The van der Waals surface area contributed by atoms with E-state index in [1.165, 1.54) is 6.07 Å². The zero-order valence-electron chi connectivity index (χ0n) is 15.3. The third-order valence-corrected chi connectivity index (χ3v) is 5.47. The molecule has 2 aromatic carbocycles. The molecule has 144 valence electrons. The predicted molar refractivity (Wildman–Crippen MR) is 105 cm³/mol. The molecule has 0 saturated carbocycles. The Bertz CT molecular complexity index is 955. The van der Waals surface area contributed by atoms with Crippen molar-refractivity contribution in [2.24, 2.45) is 0 Å². The number of hydrogen-bond donors (Lipinski definition) is 0. The van der Waals surface area contributed by atoms with Crippen LogP contribution < -0.4 is 0 Å². The number of carbonyl (C=O) groups excluding carboxylic acids is 1. The van der Waals surface area contributed by atoms with Gasteiger partial charge in [0.15, 0.2) is 0 Å². The maximum atomic E-state index is 13.9. The van der Waals surface area contributed by atoms with E-state index in [-0.39, 0.29) is 24.2 Å². The Hall–Kier alpha value is -2.73. The molecule has 0 radical (unpaired) electrons. The largest absolute Gasteiger partial charge is 0.340 e. The molecule has 0 aliphatic carbocycles. The number of hydrogen-bond acceptors (Lipinski definition) is 3. The number of carbonyl (C=O) groups is 1. The number of benzene rings is 2. The Morgan fingerprint density at radius 1 is 1.18 bits per heavy atom. The van der Waals surface area contributed by atoms with Crippen LogP contribution in [0.25, 0.3) is 11.3 Å². The van der Waals surface area contributed by atoms with Crippen molar-refractivity contribution in [3.63, 3.8) is 0 Å². The van der Waals surface area contributed by atoms with Crippen molar-refractivity contribution < 1.29 is 9.18 Å². The lowest BCUT2D eigenvalue weighted by Gasteiger charge is -2.17. The van der Waals surface area contributed by atoms with Crippen LogP contribution >= 0.6 is 11.6 Å². The molecule has 0 unspecified atom stereocenters. The van der Waals surface area contributed by atoms with Gasteiger partial charge in [0.25, 0.3) is 0 Å². The SMILES string of the molecule is O=C(CCc1c(F)cccc1Cl)N1CC[C@@H](n2cc(-c3ccccc3)nn2)C1. The van der Waals surface area contributed by atoms with Crippen molar-refractivity contribution in [2.75, 3.05) is 13.1 Å². The van der Waals surface area contributed by atoms with Gasteiger partial charge in [0.2, 0.25) is 5.91 Å². The second-order valence-electron chi connectivity index (χ2n) is 6.93. The first-order chi connectivity index (χ1) is 13.6. The molecule has 7 heteroatoms. The van der Waals surface area contributed by atoms with Crippen LogP contribution in [0.4, 0.5) is 4.39 Å². The normalized spacial score (nSPS) is 16.5. The van der Waals surface area contributed by atoms with Gasteiger partial charge in [-0.2, -0.15) is 0 Å². The van der Waals surface area contributed by atoms with Gasteiger partial charge in [-0.15, -0.1) is 5.10 Å². The van der Waals surface area contributed by atoms with E-state index in [9.17, 15) is 9.18 Å². The first-order valence-corrected chi connectivity index (χ1v) is 9.67. The van der Waals surface area contributed by atoms with E-state index >= 15 is 0 Å². The van der Waals surface area contributed by atoms with Crippen molar-refractivity contribution in [1.29, 1.82) is 0 Å². The molecule has 0 bridgehead atoms. The van der Waals surface area contributed by atoms with Crippen molar-refractivity contribution in [1.82, 2.24) is 19.9 Å². The number of halogens is 2. The van der Waals surface area contributed by atoms with Crippen LogP contribution in [0.5, 0.6) is 0 Å². The quantitative estimate of drug-likeness (QED) is 0.649. The second kappa shape index (κ2) is 8.10. The molecule has 28 heavy (non-hydrogen) atoms. The number of amides is 1. The van der Waals surface area contributed by atoms with E-state index in [1.54, 1.807) is 12.1 Å². The summed E-state index contributed by atoms with van der Waals surface area (Å²) >= 11 is 6.05. The van der Waals surface area contributed by atoms with E-state index < -0.39 is 0 Å². The highest BCUT2D eigenvalue weighted by atomic mass is 35.5. The summed E-state index contributed by atoms with van der Waals surface area (Å²) in [6, 6.07) is 14.6. The van der Waals surface area contributed by atoms with Gasteiger partial charge in [0, 0.05) is 35.7 Å². The summed E-state index contributed by atoms with van der Waals surface area (Å²) in [5, 5.41) is 8.86. The Labute approximate surface area is 167 Å². The van der Waals surface area contributed by atoms with Crippen LogP contribution in [0.15, 0.2) is 54.7 Å². The minimum Gasteiger partial charge on any atom is -0.340 e. The van der Waals surface area contributed by atoms with Gasteiger partial charge in [-0.1, -0.05) is 53.2 Å². The third kappa shape index (κ3) is 3.92. The van der Waals surface area contributed by atoms with Gasteiger partial charge in [-0.3, -0.25) is 4.79 Å². The summed E-state index contributed by atoms with van der Waals surface area (Å²) in [5.74, 6) is -0.360. The topological polar surface area (TPSA) is 51.0 Å². The lowest BCUT2D eigenvalue weighted by atomic mass is 10.1. The van der Waals surface area contributed by atoms with Gasteiger partial charge in [0.1, 0.15) is 11.5 Å². The molecule has 2 heterocycles. The summed E-state index contributed by atoms with van der Waals surface area (Å²) in [7, 11) is 0. The van der Waals surface area contributed by atoms with Crippen molar-refractivity contribution in [2.45, 2.75) is 25.3 Å². The maximum Gasteiger partial charge on any atom is 0.222 e. The molecular weight excluding hydrogens is 379 g/mol. The average Bonchev–Trinajstić information content (AvgIpc) is 3.38. The summed E-state index contributed by atoms with van der Waals surface area (Å²) in [6.07, 6.45) is 3.28. The molecule has 0 spiro atoms. The Morgan fingerprint density at radius 2 is 2.00 bits per heavy atom. The molecule has 1 amide bonds. The van der Waals surface area contributed by atoms with Crippen molar-refractivity contribution in [3.05, 3.63) is 71.1 Å². The van der Waals surface area contributed by atoms with Gasteiger partial charge >= 0.3 is 0 Å². The fourth-order valence-electron chi connectivity index (χ4n) is 3.54. The summed E-state index contributed by atoms with van der Waals surface area (Å²) in [6.45, 7) is 1.25. The van der Waals surface area contributed by atoms with E-state index in [0.29, 0.717) is 30.1 Å². The molecule has 3 aromatic rings. The maximum absolute atomic E-state index is 13.9. The molecule has 5 nitrogen and oxygen atoms in total. The fourth-order valence-corrected chi connectivity index (χ4v) is 3.80. The summed E-state index contributed by atoms with van der Waals surface area (Å²) in [4.78, 5) is 14.4. The molecular formula is C21H20ClFN4O. The van der Waals surface area contributed by atoms with E-state index in [4.69, 9.17) is 11.6 Å². The molecule has 1 fully saturated rings. The Morgan fingerprint density at radius 3 is 2.79 bits per heavy atom. The first-order valence-electron chi connectivity index (χ1n) is 9.30. The van der Waals surface area contributed by atoms with Crippen LogP contribution in [0.3, 0.4) is 0 Å². The van der Waals surface area contributed by atoms with Crippen molar-refractivity contribution >= 4 is 17.5 Å². The van der Waals surface area contributed by atoms with Gasteiger partial charge in [-0.05, 0) is 25.0 Å². The van der Waals surface area contributed by atoms with Crippen LogP contribution in [0.2, 0.25) is 5.02 Å². The van der Waals surface area contributed by atoms with E-state index in [0.717, 1.165) is 17.7 Å². The van der Waals surface area contributed by atoms with Gasteiger partial charge < -0.3 is 4.90 Å². The Balaban J connectivity index is 1.36. The van der Waals surface area contributed by atoms with Crippen molar-refractivity contribution in [3.8, 4) is 11.3 Å². The van der Waals surface area contributed by atoms with Crippen LogP contribution in [0.1, 0.15) is 24.4 Å². The molecule has 1 atom stereocenters. The summed E-state index contributed by atoms with van der Waals surface area (Å²) in [5.41, 5.74) is 2.23. The predicted octanol–water partition coefficient (Wildman–Crippen LogP) is 4.14. The minimum absolute atomic E-state index is 0.00483. The average molecular weight is 399 g/mol. The molecule has 1 aliphatic rings. The number of nitrogens with zero attached hydrogens (tertiary/aromatic N) is 4. The standard InChI is InChI=1S/C21H20ClFN4O/c22-18-7-4-8-19(23)17(18)9-10-21(28)26-12-11-16(13-26)27-14-20(24-25-27)15-5-2-1-3-6-15/h1-8,14,16H,9-13H2/t16-/m1/s1. The molecule has 0 N–H and O–H groups in total. The molecule has 1 aromatic heterocycles. The first kappa shape index (κ1) is 18.6. The van der Waals surface area contributed by atoms with Crippen LogP contribution in [-0.2, 0) is 11.2 Å². The summed E-state index contributed by atoms with van der Waals surface area (Å²) < 4.78 is 15.7. The molecule has 1 saturated heterocycles. The number of rotatable bonds is 5. The Kier molecular flexibility index (Phi) is 5.39. The molecule has 1 aliphatic heterocycles. The minimum atomic E-state index is -0.365. The van der Waals surface area contributed by atoms with Crippen LogP contribution in [-0.4, -0.2) is 38.9 Å². The lowest BCUT2D eigenvalue weighted by Crippen LogP contribution is -2.29. The number of aromatic nitrogens is 3. The van der Waals surface area contributed by atoms with Crippen LogP contribution in [0, 0.1) is 5.82 Å². The van der Waals surface area contributed by atoms with E-state index in [2.05, 4.69) is 10.3 Å². The zero-order valence-corrected chi connectivity index (χ0v) is 16.0. The zero-order chi connectivity index (χ0) is 19.5. The highest BCUT2D eigenvalue weighted by molar-refractivity contribution is 6.31. The molecule has 4 rings (SSSR count). The third-order valence-electron chi connectivity index (χ3n) is 5.12.